The van der Waals surface area contributed by atoms with Crippen molar-refractivity contribution in [3.63, 3.8) is 0 Å². The molecule has 1 unspecified atom stereocenters. The second-order valence-corrected chi connectivity index (χ2v) is 6.65. The number of hydrogen-bond donors (Lipinski definition) is 1. The zero-order chi connectivity index (χ0) is 12.9. The van der Waals surface area contributed by atoms with E-state index in [0.29, 0.717) is 13.1 Å². The summed E-state index contributed by atoms with van der Waals surface area (Å²) < 4.78 is 27.9. The standard InChI is InChI=1S/C11H25N3O2S/c1-4-6-11(2)13(3)17(15,16)14-9-5-7-12-8-10-14/h11-12H,4-10H2,1-3H3. The van der Waals surface area contributed by atoms with Crippen LogP contribution in [0.5, 0.6) is 0 Å². The van der Waals surface area contributed by atoms with E-state index in [1.807, 2.05) is 6.92 Å². The van der Waals surface area contributed by atoms with Crippen LogP contribution in [0.15, 0.2) is 0 Å². The molecule has 1 saturated heterocycles. The minimum Gasteiger partial charge on any atom is -0.315 e. The van der Waals surface area contributed by atoms with Gasteiger partial charge in [0.05, 0.1) is 0 Å². The van der Waals surface area contributed by atoms with E-state index in [9.17, 15) is 8.42 Å². The highest BCUT2D eigenvalue weighted by Gasteiger charge is 2.29. The quantitative estimate of drug-likeness (QED) is 0.792. The van der Waals surface area contributed by atoms with Gasteiger partial charge >= 0.3 is 0 Å². The molecular weight excluding hydrogens is 238 g/mol. The predicted molar refractivity (Wildman–Crippen MR) is 70.1 cm³/mol. The van der Waals surface area contributed by atoms with Gasteiger partial charge < -0.3 is 5.32 Å². The first-order chi connectivity index (χ1) is 8.00. The average molecular weight is 263 g/mol. The van der Waals surface area contributed by atoms with Crippen molar-refractivity contribution >= 4 is 10.2 Å². The third kappa shape index (κ3) is 3.91. The third-order valence-electron chi connectivity index (χ3n) is 3.32. The van der Waals surface area contributed by atoms with Gasteiger partial charge in [0.2, 0.25) is 0 Å². The van der Waals surface area contributed by atoms with Crippen LogP contribution >= 0.6 is 0 Å². The molecule has 1 fully saturated rings. The van der Waals surface area contributed by atoms with Gasteiger partial charge in [0.25, 0.3) is 10.2 Å². The van der Waals surface area contributed by atoms with E-state index in [1.54, 1.807) is 11.4 Å². The second kappa shape index (κ2) is 6.68. The third-order valence-corrected chi connectivity index (χ3v) is 5.42. The Balaban J connectivity index is 2.71. The molecule has 1 aliphatic rings. The minimum absolute atomic E-state index is 0.0706. The first kappa shape index (κ1) is 14.9. The van der Waals surface area contributed by atoms with Crippen LogP contribution in [0.3, 0.4) is 0 Å². The Bertz CT molecular complexity index is 311. The van der Waals surface area contributed by atoms with E-state index >= 15 is 0 Å². The summed E-state index contributed by atoms with van der Waals surface area (Å²) >= 11 is 0. The molecule has 0 saturated carbocycles. The van der Waals surface area contributed by atoms with Gasteiger partial charge in [-0.2, -0.15) is 17.0 Å². The van der Waals surface area contributed by atoms with Crippen LogP contribution in [0.25, 0.3) is 0 Å². The Kier molecular flexibility index (Phi) is 5.85. The summed E-state index contributed by atoms with van der Waals surface area (Å²) in [6, 6.07) is 0.0706. The van der Waals surface area contributed by atoms with Crippen molar-refractivity contribution < 1.29 is 8.42 Å². The molecule has 17 heavy (non-hydrogen) atoms. The van der Waals surface area contributed by atoms with Crippen LogP contribution in [0.1, 0.15) is 33.1 Å². The molecule has 0 aromatic rings. The Labute approximate surface area is 105 Å². The van der Waals surface area contributed by atoms with Crippen molar-refractivity contribution in [2.24, 2.45) is 0 Å². The maximum absolute atomic E-state index is 12.4. The van der Waals surface area contributed by atoms with Crippen molar-refractivity contribution in [1.82, 2.24) is 13.9 Å². The summed E-state index contributed by atoms with van der Waals surface area (Å²) in [6.07, 6.45) is 2.79. The first-order valence-electron chi connectivity index (χ1n) is 6.44. The van der Waals surface area contributed by atoms with Gasteiger partial charge in [-0.05, 0) is 26.3 Å². The Morgan fingerprint density at radius 2 is 2.06 bits per heavy atom. The van der Waals surface area contributed by atoms with Gasteiger partial charge in [-0.15, -0.1) is 0 Å². The molecule has 0 bridgehead atoms. The highest BCUT2D eigenvalue weighted by atomic mass is 32.2. The molecule has 5 nitrogen and oxygen atoms in total. The van der Waals surface area contributed by atoms with Gasteiger partial charge in [-0.25, -0.2) is 0 Å². The normalized spacial score (nSPS) is 21.4. The molecule has 0 aliphatic carbocycles. The molecule has 1 heterocycles. The lowest BCUT2D eigenvalue weighted by atomic mass is 10.2. The molecule has 0 radical (unpaired) electrons. The molecule has 0 aromatic heterocycles. The molecule has 6 heteroatoms. The van der Waals surface area contributed by atoms with Crippen molar-refractivity contribution in [1.29, 1.82) is 0 Å². The number of nitrogens with zero attached hydrogens (tertiary/aromatic N) is 2. The van der Waals surface area contributed by atoms with E-state index in [2.05, 4.69) is 12.2 Å². The van der Waals surface area contributed by atoms with Crippen LogP contribution in [-0.2, 0) is 10.2 Å². The van der Waals surface area contributed by atoms with E-state index in [1.165, 1.54) is 4.31 Å². The van der Waals surface area contributed by atoms with Crippen molar-refractivity contribution in [3.05, 3.63) is 0 Å². The lowest BCUT2D eigenvalue weighted by Crippen LogP contribution is -2.46. The monoisotopic (exact) mass is 263 g/mol. The fourth-order valence-corrected chi connectivity index (χ4v) is 3.67. The molecule has 1 aliphatic heterocycles. The zero-order valence-corrected chi connectivity index (χ0v) is 12.0. The smallest absolute Gasteiger partial charge is 0.282 e. The van der Waals surface area contributed by atoms with E-state index in [4.69, 9.17) is 0 Å². The van der Waals surface area contributed by atoms with Crippen molar-refractivity contribution in [2.75, 3.05) is 33.2 Å². The molecule has 1 N–H and O–H groups in total. The van der Waals surface area contributed by atoms with Crippen LogP contribution in [0, 0.1) is 0 Å². The summed E-state index contributed by atoms with van der Waals surface area (Å²) in [5, 5.41) is 3.22. The fraction of sp³-hybridized carbons (Fsp3) is 1.00. The summed E-state index contributed by atoms with van der Waals surface area (Å²) in [4.78, 5) is 0. The Morgan fingerprint density at radius 3 is 2.71 bits per heavy atom. The van der Waals surface area contributed by atoms with Gasteiger partial charge in [0, 0.05) is 32.7 Å². The summed E-state index contributed by atoms with van der Waals surface area (Å²) in [7, 11) is -1.59. The second-order valence-electron chi connectivity index (χ2n) is 4.66. The molecule has 1 rings (SSSR count). The number of rotatable bonds is 5. The highest BCUT2D eigenvalue weighted by Crippen LogP contribution is 2.14. The van der Waals surface area contributed by atoms with Crippen molar-refractivity contribution in [3.8, 4) is 0 Å². The van der Waals surface area contributed by atoms with E-state index in [-0.39, 0.29) is 6.04 Å². The van der Waals surface area contributed by atoms with Gasteiger partial charge in [-0.1, -0.05) is 13.3 Å². The Hall–Kier alpha value is -0.170. The lowest BCUT2D eigenvalue weighted by molar-refractivity contribution is 0.321. The molecule has 0 aromatic carbocycles. The van der Waals surface area contributed by atoms with Gasteiger partial charge in [-0.3, -0.25) is 0 Å². The highest BCUT2D eigenvalue weighted by molar-refractivity contribution is 7.86. The van der Waals surface area contributed by atoms with E-state index in [0.717, 1.165) is 32.4 Å². The molecular formula is C11H25N3O2S. The van der Waals surface area contributed by atoms with Crippen LogP contribution in [0.4, 0.5) is 0 Å². The van der Waals surface area contributed by atoms with Crippen LogP contribution in [-0.4, -0.2) is 56.3 Å². The molecule has 0 spiro atoms. The summed E-state index contributed by atoms with van der Waals surface area (Å²) in [6.45, 7) is 6.89. The van der Waals surface area contributed by atoms with E-state index < -0.39 is 10.2 Å². The van der Waals surface area contributed by atoms with Gasteiger partial charge in [0.15, 0.2) is 0 Å². The van der Waals surface area contributed by atoms with Crippen molar-refractivity contribution in [2.45, 2.75) is 39.2 Å². The lowest BCUT2D eigenvalue weighted by Gasteiger charge is -2.30. The SMILES string of the molecule is CCCC(C)N(C)S(=O)(=O)N1CCCNCC1. The molecule has 1 atom stereocenters. The summed E-state index contributed by atoms with van der Waals surface area (Å²) in [5.74, 6) is 0. The van der Waals surface area contributed by atoms with Crippen LogP contribution < -0.4 is 5.32 Å². The maximum atomic E-state index is 12.4. The molecule has 102 valence electrons. The maximum Gasteiger partial charge on any atom is 0.282 e. The number of hydrogen-bond acceptors (Lipinski definition) is 3. The minimum atomic E-state index is -3.28. The molecule has 0 amide bonds. The van der Waals surface area contributed by atoms with Crippen LogP contribution in [0.2, 0.25) is 0 Å². The summed E-state index contributed by atoms with van der Waals surface area (Å²) in [5.41, 5.74) is 0. The largest absolute Gasteiger partial charge is 0.315 e. The number of nitrogens with one attached hydrogen (secondary N) is 1. The average Bonchev–Trinajstić information content (AvgIpc) is 2.57. The topological polar surface area (TPSA) is 52.7 Å². The Morgan fingerprint density at radius 1 is 1.35 bits per heavy atom. The predicted octanol–water partition coefficient (Wildman–Crippen LogP) is 0.647. The van der Waals surface area contributed by atoms with Gasteiger partial charge in [0.1, 0.15) is 0 Å². The fourth-order valence-electron chi connectivity index (χ4n) is 2.06. The zero-order valence-electron chi connectivity index (χ0n) is 11.1. The first-order valence-corrected chi connectivity index (χ1v) is 7.83.